The van der Waals surface area contributed by atoms with E-state index >= 15 is 0 Å². The Morgan fingerprint density at radius 2 is 1.59 bits per heavy atom. The van der Waals surface area contributed by atoms with Crippen LogP contribution in [0.2, 0.25) is 0 Å². The Balaban J connectivity index is 1.82. The van der Waals surface area contributed by atoms with E-state index in [4.69, 9.17) is 10.5 Å². The summed E-state index contributed by atoms with van der Waals surface area (Å²) in [5.74, 6) is -0.758. The number of halogens is 1. The molecule has 0 radical (unpaired) electrons. The zero-order valence-electron chi connectivity index (χ0n) is 15.7. The van der Waals surface area contributed by atoms with E-state index in [1.54, 1.807) is 6.07 Å². The number of rotatable bonds is 4. The highest BCUT2D eigenvalue weighted by molar-refractivity contribution is 6.11. The van der Waals surface area contributed by atoms with Crippen molar-refractivity contribution in [2.24, 2.45) is 0 Å². The van der Waals surface area contributed by atoms with Crippen molar-refractivity contribution in [3.05, 3.63) is 88.0 Å². The molecule has 1 aromatic heterocycles. The van der Waals surface area contributed by atoms with Gasteiger partial charge in [0.25, 0.3) is 5.56 Å². The molecule has 2 aromatic carbocycles. The lowest BCUT2D eigenvalue weighted by Crippen LogP contribution is -2.37. The fourth-order valence-corrected chi connectivity index (χ4v) is 3.48. The van der Waals surface area contributed by atoms with Crippen molar-refractivity contribution in [1.29, 1.82) is 0 Å². The van der Waals surface area contributed by atoms with Gasteiger partial charge in [-0.15, -0.1) is 0 Å². The number of anilines is 2. The Bertz CT molecular complexity index is 1100. The molecule has 7 heteroatoms. The van der Waals surface area contributed by atoms with Crippen LogP contribution in [0.15, 0.2) is 65.5 Å². The van der Waals surface area contributed by atoms with Gasteiger partial charge in [-0.25, -0.2) is 4.39 Å². The minimum absolute atomic E-state index is 0.0486. The van der Waals surface area contributed by atoms with Gasteiger partial charge in [-0.1, -0.05) is 12.1 Å². The highest BCUT2D eigenvalue weighted by Crippen LogP contribution is 2.27. The van der Waals surface area contributed by atoms with E-state index in [1.807, 2.05) is 18.2 Å². The third-order valence-corrected chi connectivity index (χ3v) is 4.96. The molecule has 0 spiro atoms. The number of nitrogens with zero attached hydrogens (tertiary/aromatic N) is 2. The predicted molar refractivity (Wildman–Crippen MR) is 109 cm³/mol. The molecule has 1 aliphatic rings. The first-order valence-electron chi connectivity index (χ1n) is 9.30. The van der Waals surface area contributed by atoms with E-state index in [0.717, 1.165) is 5.69 Å². The average Bonchev–Trinajstić information content (AvgIpc) is 2.75. The maximum absolute atomic E-state index is 13.2. The van der Waals surface area contributed by atoms with E-state index in [0.29, 0.717) is 37.6 Å². The van der Waals surface area contributed by atoms with Gasteiger partial charge in [0, 0.05) is 24.7 Å². The summed E-state index contributed by atoms with van der Waals surface area (Å²) in [7, 11) is 0. The van der Waals surface area contributed by atoms with Crippen molar-refractivity contribution in [3.8, 4) is 5.69 Å². The summed E-state index contributed by atoms with van der Waals surface area (Å²) in [6, 6.07) is 15.4. The van der Waals surface area contributed by atoms with Crippen molar-refractivity contribution in [2.75, 3.05) is 36.9 Å². The van der Waals surface area contributed by atoms with Crippen LogP contribution < -0.4 is 16.2 Å². The molecule has 148 valence electrons. The second-order valence-electron chi connectivity index (χ2n) is 6.73. The maximum atomic E-state index is 13.2. The molecule has 0 bridgehead atoms. The van der Waals surface area contributed by atoms with Crippen LogP contribution in [0, 0.1) is 5.82 Å². The van der Waals surface area contributed by atoms with Crippen LogP contribution in [0.25, 0.3) is 5.69 Å². The second-order valence-corrected chi connectivity index (χ2v) is 6.73. The fourth-order valence-electron chi connectivity index (χ4n) is 3.48. The number of carbonyl (C=O) groups is 1. The Kier molecular flexibility index (Phi) is 5.14. The molecular weight excluding hydrogens is 373 g/mol. The Hall–Kier alpha value is -3.45. The Morgan fingerprint density at radius 3 is 2.28 bits per heavy atom. The standard InChI is InChI=1S/C22H20FN3O3/c23-16-7-5-15(6-8-16)21(28)17-9-10-20(27)26(22(17)24)19-4-2-1-3-18(19)25-11-13-29-14-12-25/h1-10H,11-14,24H2. The Morgan fingerprint density at radius 1 is 0.931 bits per heavy atom. The smallest absolute Gasteiger partial charge is 0.256 e. The molecule has 0 saturated carbocycles. The molecule has 6 nitrogen and oxygen atoms in total. The molecule has 2 N–H and O–H groups in total. The van der Waals surface area contributed by atoms with Crippen LogP contribution in [0.1, 0.15) is 15.9 Å². The number of morpholine rings is 1. The summed E-state index contributed by atoms with van der Waals surface area (Å²) in [5.41, 5.74) is 7.90. The number of hydrogen-bond donors (Lipinski definition) is 1. The molecule has 2 heterocycles. The second kappa shape index (κ2) is 7.89. The van der Waals surface area contributed by atoms with Gasteiger partial charge in [0.15, 0.2) is 5.78 Å². The lowest BCUT2D eigenvalue weighted by Gasteiger charge is -2.31. The molecule has 4 rings (SSSR count). The van der Waals surface area contributed by atoms with Gasteiger partial charge in [0.2, 0.25) is 0 Å². The molecule has 3 aromatic rings. The van der Waals surface area contributed by atoms with Crippen LogP contribution >= 0.6 is 0 Å². The number of benzene rings is 2. The summed E-state index contributed by atoms with van der Waals surface area (Å²) < 4.78 is 20.0. The predicted octanol–water partition coefficient (Wildman–Crippen LogP) is 2.63. The van der Waals surface area contributed by atoms with E-state index in [1.165, 1.54) is 41.0 Å². The van der Waals surface area contributed by atoms with Crippen LogP contribution in [0.4, 0.5) is 15.9 Å². The number of para-hydroxylation sites is 2. The highest BCUT2D eigenvalue weighted by atomic mass is 19.1. The third kappa shape index (κ3) is 3.64. The number of pyridine rings is 1. The zero-order valence-corrected chi connectivity index (χ0v) is 15.7. The van der Waals surface area contributed by atoms with Crippen molar-refractivity contribution >= 4 is 17.3 Å². The number of ketones is 1. The minimum atomic E-state index is -0.432. The number of hydrogen-bond acceptors (Lipinski definition) is 5. The van der Waals surface area contributed by atoms with Gasteiger partial charge in [-0.05, 0) is 42.5 Å². The molecule has 29 heavy (non-hydrogen) atoms. The first kappa shape index (κ1) is 18.9. The maximum Gasteiger partial charge on any atom is 0.256 e. The average molecular weight is 393 g/mol. The molecule has 0 atom stereocenters. The van der Waals surface area contributed by atoms with Crippen LogP contribution in [0.3, 0.4) is 0 Å². The van der Waals surface area contributed by atoms with Crippen LogP contribution in [0.5, 0.6) is 0 Å². The molecule has 0 amide bonds. The lowest BCUT2D eigenvalue weighted by atomic mass is 10.0. The van der Waals surface area contributed by atoms with Gasteiger partial charge in [-0.3, -0.25) is 14.2 Å². The highest BCUT2D eigenvalue weighted by Gasteiger charge is 2.21. The normalized spacial score (nSPS) is 14.0. The number of aromatic nitrogens is 1. The fraction of sp³-hybridized carbons (Fsp3) is 0.182. The summed E-state index contributed by atoms with van der Waals surface area (Å²) >= 11 is 0. The van der Waals surface area contributed by atoms with Gasteiger partial charge < -0.3 is 15.4 Å². The summed E-state index contributed by atoms with van der Waals surface area (Å²) in [5, 5.41) is 0. The van der Waals surface area contributed by atoms with Crippen molar-refractivity contribution in [2.45, 2.75) is 0 Å². The molecule has 0 unspecified atom stereocenters. The molecular formula is C22H20FN3O3. The first-order valence-corrected chi connectivity index (χ1v) is 9.30. The monoisotopic (exact) mass is 393 g/mol. The van der Waals surface area contributed by atoms with Crippen molar-refractivity contribution < 1.29 is 13.9 Å². The number of ether oxygens (including phenoxy) is 1. The van der Waals surface area contributed by atoms with Crippen LogP contribution in [-0.2, 0) is 4.74 Å². The van der Waals surface area contributed by atoms with Crippen LogP contribution in [-0.4, -0.2) is 36.7 Å². The van der Waals surface area contributed by atoms with E-state index in [2.05, 4.69) is 4.90 Å². The lowest BCUT2D eigenvalue weighted by molar-refractivity contribution is 0.103. The molecule has 1 fully saturated rings. The SMILES string of the molecule is Nc1c(C(=O)c2ccc(F)cc2)ccc(=O)n1-c1ccccc1N1CCOCC1. The largest absolute Gasteiger partial charge is 0.384 e. The van der Waals surface area contributed by atoms with E-state index in [9.17, 15) is 14.0 Å². The van der Waals surface area contributed by atoms with Crippen molar-refractivity contribution in [3.63, 3.8) is 0 Å². The molecule has 1 aliphatic heterocycles. The van der Waals surface area contributed by atoms with E-state index < -0.39 is 5.82 Å². The third-order valence-electron chi connectivity index (χ3n) is 4.96. The minimum Gasteiger partial charge on any atom is -0.384 e. The van der Waals surface area contributed by atoms with Gasteiger partial charge in [0.1, 0.15) is 11.6 Å². The summed E-state index contributed by atoms with van der Waals surface area (Å²) in [6.07, 6.45) is 0. The number of carbonyl (C=O) groups excluding carboxylic acids is 1. The number of nitrogens with two attached hydrogens (primary N) is 1. The zero-order chi connectivity index (χ0) is 20.4. The van der Waals surface area contributed by atoms with Gasteiger partial charge in [0.05, 0.1) is 30.2 Å². The summed E-state index contributed by atoms with van der Waals surface area (Å²) in [6.45, 7) is 2.59. The first-order chi connectivity index (χ1) is 14.1. The molecule has 1 saturated heterocycles. The Labute approximate surface area is 166 Å². The molecule has 0 aliphatic carbocycles. The van der Waals surface area contributed by atoms with E-state index in [-0.39, 0.29) is 22.7 Å². The summed E-state index contributed by atoms with van der Waals surface area (Å²) in [4.78, 5) is 27.7. The number of nitrogen functional groups attached to an aromatic ring is 1. The quantitative estimate of drug-likeness (QED) is 0.690. The topological polar surface area (TPSA) is 77.6 Å². The van der Waals surface area contributed by atoms with Gasteiger partial charge in [-0.2, -0.15) is 0 Å². The van der Waals surface area contributed by atoms with Gasteiger partial charge >= 0.3 is 0 Å². The van der Waals surface area contributed by atoms with Crippen molar-refractivity contribution in [1.82, 2.24) is 4.57 Å².